The van der Waals surface area contributed by atoms with E-state index in [-0.39, 0.29) is 0 Å². The first-order valence-corrected chi connectivity index (χ1v) is 3.94. The molecular weight excluding hydrogens is 158 g/mol. The molecule has 0 radical (unpaired) electrons. The highest BCUT2D eigenvalue weighted by Gasteiger charge is 2.09. The molecule has 5 heteroatoms. The summed E-state index contributed by atoms with van der Waals surface area (Å²) in [6.45, 7) is 0.604. The van der Waals surface area contributed by atoms with Gasteiger partial charge in [0.1, 0.15) is 6.04 Å². The minimum absolute atomic E-state index is 0.520. The van der Waals surface area contributed by atoms with Crippen LogP contribution in [-0.2, 0) is 4.79 Å². The van der Waals surface area contributed by atoms with Crippen LogP contribution in [0.15, 0.2) is 0 Å². The Labute approximate surface area is 72.9 Å². The topological polar surface area (TPSA) is 115 Å². The van der Waals surface area contributed by atoms with E-state index in [0.29, 0.717) is 13.0 Å². The second-order valence-electron chi connectivity index (χ2n) is 2.23. The van der Waals surface area contributed by atoms with Crippen molar-refractivity contribution in [2.75, 3.05) is 13.6 Å². The molecule has 0 heterocycles. The van der Waals surface area contributed by atoms with E-state index < -0.39 is 12.0 Å². The van der Waals surface area contributed by atoms with Gasteiger partial charge in [0.05, 0.1) is 0 Å². The van der Waals surface area contributed by atoms with Gasteiger partial charge >= 0.3 is 5.97 Å². The zero-order chi connectivity index (χ0) is 9.98. The van der Waals surface area contributed by atoms with E-state index in [1.165, 1.54) is 7.05 Å². The van der Waals surface area contributed by atoms with E-state index in [0.717, 1.165) is 12.8 Å². The zero-order valence-electron chi connectivity index (χ0n) is 7.49. The van der Waals surface area contributed by atoms with Gasteiger partial charge in [0.2, 0.25) is 0 Å². The summed E-state index contributed by atoms with van der Waals surface area (Å²) in [5, 5.41) is 8.33. The van der Waals surface area contributed by atoms with Crippen LogP contribution in [0.1, 0.15) is 19.3 Å². The number of rotatable bonds is 5. The lowest BCUT2D eigenvalue weighted by molar-refractivity contribution is -0.138. The van der Waals surface area contributed by atoms with Crippen molar-refractivity contribution < 1.29 is 9.90 Å². The van der Waals surface area contributed by atoms with E-state index >= 15 is 0 Å². The fourth-order valence-electron chi connectivity index (χ4n) is 0.632. The number of carboxylic acid groups (broad SMARTS) is 1. The first kappa shape index (κ1) is 13.9. The van der Waals surface area contributed by atoms with Crippen molar-refractivity contribution in [3.63, 3.8) is 0 Å². The smallest absolute Gasteiger partial charge is 0.320 e. The van der Waals surface area contributed by atoms with Gasteiger partial charge in [-0.05, 0) is 26.4 Å². The first-order chi connectivity index (χ1) is 5.68. The largest absolute Gasteiger partial charge is 0.480 e. The Morgan fingerprint density at radius 1 is 1.42 bits per heavy atom. The van der Waals surface area contributed by atoms with Crippen LogP contribution in [0.4, 0.5) is 0 Å². The summed E-state index contributed by atoms with van der Waals surface area (Å²) in [5.74, 6) is -0.933. The normalized spacial score (nSPS) is 11.3. The van der Waals surface area contributed by atoms with E-state index in [2.05, 4.69) is 5.73 Å². The van der Waals surface area contributed by atoms with E-state index in [1.807, 2.05) is 0 Å². The Morgan fingerprint density at radius 2 is 1.92 bits per heavy atom. The molecular formula is C7H19N3O2. The van der Waals surface area contributed by atoms with Crippen LogP contribution in [0.25, 0.3) is 0 Å². The second-order valence-corrected chi connectivity index (χ2v) is 2.23. The molecule has 0 aromatic heterocycles. The van der Waals surface area contributed by atoms with Crippen molar-refractivity contribution in [3.8, 4) is 0 Å². The van der Waals surface area contributed by atoms with Gasteiger partial charge in [-0.15, -0.1) is 0 Å². The third-order valence-corrected chi connectivity index (χ3v) is 1.29. The number of aliphatic carboxylic acids is 1. The summed E-state index contributed by atoms with van der Waals surface area (Å²) in [7, 11) is 1.50. The van der Waals surface area contributed by atoms with Crippen molar-refractivity contribution in [2.45, 2.75) is 25.3 Å². The Balaban J connectivity index is 0. The number of hydrogen-bond donors (Lipinski definition) is 4. The van der Waals surface area contributed by atoms with Gasteiger partial charge in [-0.3, -0.25) is 4.79 Å². The minimum atomic E-state index is -0.933. The molecule has 0 aromatic carbocycles. The van der Waals surface area contributed by atoms with Gasteiger partial charge in [-0.2, -0.15) is 0 Å². The molecule has 0 rings (SSSR count). The lowest BCUT2D eigenvalue weighted by Crippen LogP contribution is -2.29. The van der Waals surface area contributed by atoms with Gasteiger partial charge in [0.15, 0.2) is 0 Å². The van der Waals surface area contributed by atoms with Crippen LogP contribution < -0.4 is 17.2 Å². The fourth-order valence-corrected chi connectivity index (χ4v) is 0.632. The molecule has 12 heavy (non-hydrogen) atoms. The van der Waals surface area contributed by atoms with Crippen molar-refractivity contribution >= 4 is 5.97 Å². The maximum atomic E-state index is 10.1. The van der Waals surface area contributed by atoms with E-state index in [1.54, 1.807) is 0 Å². The summed E-state index contributed by atoms with van der Waals surface area (Å²) in [4.78, 5) is 10.1. The summed E-state index contributed by atoms with van der Waals surface area (Å²) in [6, 6.07) is -0.716. The molecule has 0 saturated carbocycles. The molecule has 0 spiro atoms. The van der Waals surface area contributed by atoms with Crippen molar-refractivity contribution in [1.29, 1.82) is 0 Å². The Morgan fingerprint density at radius 3 is 2.25 bits per heavy atom. The number of hydrogen-bond acceptors (Lipinski definition) is 4. The Kier molecular flexibility index (Phi) is 12.0. The first-order valence-electron chi connectivity index (χ1n) is 3.94. The lowest BCUT2D eigenvalue weighted by atomic mass is 10.1. The van der Waals surface area contributed by atoms with Crippen LogP contribution in [0.3, 0.4) is 0 Å². The second kappa shape index (κ2) is 10.3. The highest BCUT2D eigenvalue weighted by Crippen LogP contribution is 1.96. The van der Waals surface area contributed by atoms with Crippen molar-refractivity contribution in [1.82, 2.24) is 0 Å². The Hall–Kier alpha value is -0.650. The minimum Gasteiger partial charge on any atom is -0.480 e. The molecule has 0 fully saturated rings. The molecule has 74 valence electrons. The number of unbranched alkanes of at least 4 members (excludes halogenated alkanes) is 1. The van der Waals surface area contributed by atoms with Crippen molar-refractivity contribution in [3.05, 3.63) is 0 Å². The average molecular weight is 177 g/mol. The predicted octanol–water partition coefficient (Wildman–Crippen LogP) is -0.898. The molecule has 1 atom stereocenters. The fraction of sp³-hybridized carbons (Fsp3) is 0.857. The predicted molar refractivity (Wildman–Crippen MR) is 48.6 cm³/mol. The zero-order valence-corrected chi connectivity index (χ0v) is 7.49. The lowest BCUT2D eigenvalue weighted by Gasteiger charge is -2.03. The van der Waals surface area contributed by atoms with Gasteiger partial charge in [0.25, 0.3) is 0 Å². The molecule has 0 aliphatic carbocycles. The summed E-state index contributed by atoms with van der Waals surface area (Å²) < 4.78 is 0. The maximum Gasteiger partial charge on any atom is 0.320 e. The third-order valence-electron chi connectivity index (χ3n) is 1.29. The van der Waals surface area contributed by atoms with Crippen molar-refractivity contribution in [2.24, 2.45) is 17.2 Å². The van der Waals surface area contributed by atoms with E-state index in [4.69, 9.17) is 16.6 Å². The van der Waals surface area contributed by atoms with Gasteiger partial charge in [-0.1, -0.05) is 6.42 Å². The summed E-state index contributed by atoms with van der Waals surface area (Å²) in [5.41, 5.74) is 14.9. The van der Waals surface area contributed by atoms with E-state index in [9.17, 15) is 4.79 Å². The van der Waals surface area contributed by atoms with Gasteiger partial charge in [-0.25, -0.2) is 0 Å². The third kappa shape index (κ3) is 9.35. The molecule has 0 amide bonds. The number of carbonyl (C=O) groups is 1. The Bertz CT molecular complexity index is 109. The quantitative estimate of drug-likeness (QED) is 0.406. The number of carboxylic acids is 1. The molecule has 0 bridgehead atoms. The highest BCUT2D eigenvalue weighted by atomic mass is 16.4. The van der Waals surface area contributed by atoms with Gasteiger partial charge < -0.3 is 22.3 Å². The molecule has 0 aromatic rings. The highest BCUT2D eigenvalue weighted by molar-refractivity contribution is 5.72. The van der Waals surface area contributed by atoms with Crippen LogP contribution >= 0.6 is 0 Å². The summed E-state index contributed by atoms with van der Waals surface area (Å²) in [6.07, 6.45) is 2.16. The van der Waals surface area contributed by atoms with Crippen LogP contribution in [0.5, 0.6) is 0 Å². The average Bonchev–Trinajstić information content (AvgIpc) is 2.08. The van der Waals surface area contributed by atoms with Crippen LogP contribution in [-0.4, -0.2) is 30.7 Å². The summed E-state index contributed by atoms with van der Waals surface area (Å²) >= 11 is 0. The monoisotopic (exact) mass is 177 g/mol. The molecule has 7 N–H and O–H groups in total. The molecule has 0 saturated heterocycles. The molecule has 0 aliphatic rings. The maximum absolute atomic E-state index is 10.1. The van der Waals surface area contributed by atoms with Crippen LogP contribution in [0.2, 0.25) is 0 Å². The molecule has 0 unspecified atom stereocenters. The van der Waals surface area contributed by atoms with Gasteiger partial charge in [0, 0.05) is 0 Å². The SMILES string of the molecule is CN.NCCCC[C@H](N)C(=O)O. The standard InChI is InChI=1S/C6H14N2O2.CH5N/c7-4-2-1-3-5(8)6(9)10;1-2/h5H,1-4,7-8H2,(H,9,10);2H2,1H3/t5-;/m0./s1. The number of nitrogens with two attached hydrogens (primary N) is 3. The van der Waals surface area contributed by atoms with Crippen LogP contribution in [0, 0.1) is 0 Å². The molecule has 5 nitrogen and oxygen atoms in total. The molecule has 0 aliphatic heterocycles.